The number of nitrogens with zero attached hydrogens (tertiary/aromatic N) is 4. The number of carbonyl (C=O) groups is 4. The summed E-state index contributed by atoms with van der Waals surface area (Å²) in [6.07, 6.45) is 3.91. The van der Waals surface area contributed by atoms with E-state index in [-0.39, 0.29) is 18.5 Å². The number of hydrogen-bond donors (Lipinski definition) is 1. The second-order valence-corrected chi connectivity index (χ2v) is 9.67. The second kappa shape index (κ2) is 12.8. The zero-order chi connectivity index (χ0) is 28.7. The predicted octanol–water partition coefficient (Wildman–Crippen LogP) is 2.54. The first kappa shape index (κ1) is 29.6. The highest BCUT2D eigenvalue weighted by atomic mass is 19.4. The Morgan fingerprint density at radius 3 is 1.74 bits per heavy atom. The van der Waals surface area contributed by atoms with Crippen LogP contribution in [0.5, 0.6) is 0 Å². The average molecular weight is 558 g/mol. The fourth-order valence-electron chi connectivity index (χ4n) is 4.59. The summed E-state index contributed by atoms with van der Waals surface area (Å²) < 4.78 is 50.6. The molecular formula is C24H30F3N5O7. The number of carbonyl (C=O) groups excluding carboxylic acids is 4. The molecule has 4 unspecified atom stereocenters. The molecule has 2 fully saturated rings. The summed E-state index contributed by atoms with van der Waals surface area (Å²) >= 11 is 0. The Morgan fingerprint density at radius 1 is 0.897 bits per heavy atom. The van der Waals surface area contributed by atoms with Gasteiger partial charge in [-0.05, 0) is 37.5 Å². The molecule has 0 aromatic carbocycles. The Morgan fingerprint density at radius 2 is 1.36 bits per heavy atom. The lowest BCUT2D eigenvalue weighted by molar-refractivity contribution is -0.190. The van der Waals surface area contributed by atoms with E-state index in [9.17, 15) is 32.3 Å². The molecule has 2 aliphatic heterocycles. The summed E-state index contributed by atoms with van der Waals surface area (Å²) in [6.45, 7) is 2.90. The quantitative estimate of drug-likeness (QED) is 0.441. The lowest BCUT2D eigenvalue weighted by atomic mass is 9.93. The topological polar surface area (TPSA) is 162 Å². The zero-order valence-corrected chi connectivity index (χ0v) is 21.4. The molecule has 4 rings (SSSR count). The highest BCUT2D eigenvalue weighted by molar-refractivity contribution is 6.34. The van der Waals surface area contributed by atoms with Crippen LogP contribution in [0.4, 0.5) is 13.2 Å². The molecule has 2 saturated heterocycles. The number of likely N-dealkylation sites (tertiary alicyclic amines) is 2. The van der Waals surface area contributed by atoms with Gasteiger partial charge in [0.25, 0.3) is 0 Å². The first-order valence-corrected chi connectivity index (χ1v) is 12.3. The van der Waals surface area contributed by atoms with Crippen LogP contribution in [0.2, 0.25) is 0 Å². The van der Waals surface area contributed by atoms with Crippen molar-refractivity contribution in [2.75, 3.05) is 19.7 Å². The molecule has 2 N–H and O–H groups in total. The van der Waals surface area contributed by atoms with Crippen molar-refractivity contribution in [3.63, 3.8) is 0 Å². The number of rotatable bonds is 3. The van der Waals surface area contributed by atoms with Crippen LogP contribution in [0.3, 0.4) is 0 Å². The molecule has 2 aromatic heterocycles. The van der Waals surface area contributed by atoms with Gasteiger partial charge in [0.05, 0.1) is 24.5 Å². The zero-order valence-electron chi connectivity index (χ0n) is 21.4. The van der Waals surface area contributed by atoms with Crippen LogP contribution < -0.4 is 5.73 Å². The van der Waals surface area contributed by atoms with E-state index in [0.29, 0.717) is 30.4 Å². The highest BCUT2D eigenvalue weighted by Gasteiger charge is 2.38. The Kier molecular flexibility index (Phi) is 9.70. The van der Waals surface area contributed by atoms with Gasteiger partial charge in [-0.1, -0.05) is 13.8 Å². The van der Waals surface area contributed by atoms with Crippen molar-refractivity contribution in [1.82, 2.24) is 19.8 Å². The summed E-state index contributed by atoms with van der Waals surface area (Å²) in [4.78, 5) is 56.6. The highest BCUT2D eigenvalue weighted by Crippen LogP contribution is 2.34. The summed E-state index contributed by atoms with van der Waals surface area (Å²) in [5.41, 5.74) is 5.05. The van der Waals surface area contributed by atoms with Crippen LogP contribution >= 0.6 is 0 Å². The molecular weight excluding hydrogens is 527 g/mol. The Bertz CT molecular complexity index is 1120. The first-order chi connectivity index (χ1) is 18.4. The van der Waals surface area contributed by atoms with Crippen LogP contribution in [0.15, 0.2) is 34.0 Å². The van der Waals surface area contributed by atoms with E-state index in [2.05, 4.69) is 14.7 Å². The van der Waals surface area contributed by atoms with Crippen molar-refractivity contribution >= 4 is 23.7 Å². The average Bonchev–Trinajstić information content (AvgIpc) is 3.61. The molecule has 2 aliphatic rings. The van der Waals surface area contributed by atoms with E-state index in [1.54, 1.807) is 6.20 Å². The minimum atomic E-state index is -4.67. The first-order valence-electron chi connectivity index (χ1n) is 12.3. The van der Waals surface area contributed by atoms with Gasteiger partial charge in [-0.3, -0.25) is 14.4 Å². The van der Waals surface area contributed by atoms with Crippen molar-refractivity contribution in [2.45, 2.75) is 57.8 Å². The van der Waals surface area contributed by atoms with Gasteiger partial charge >= 0.3 is 29.9 Å². The molecule has 0 aliphatic carbocycles. The van der Waals surface area contributed by atoms with Gasteiger partial charge in [0, 0.05) is 13.1 Å². The van der Waals surface area contributed by atoms with Gasteiger partial charge in [-0.25, -0.2) is 14.8 Å². The summed E-state index contributed by atoms with van der Waals surface area (Å²) in [6, 6.07) is -0.752. The van der Waals surface area contributed by atoms with Crippen molar-refractivity contribution in [3.8, 4) is 0 Å². The van der Waals surface area contributed by atoms with Crippen LogP contribution in [-0.4, -0.2) is 69.3 Å². The van der Waals surface area contributed by atoms with Gasteiger partial charge in [0.2, 0.25) is 0 Å². The third kappa shape index (κ3) is 8.04. The molecule has 2 aromatic rings. The van der Waals surface area contributed by atoms with Gasteiger partial charge in [0.15, 0.2) is 19.4 Å². The molecule has 39 heavy (non-hydrogen) atoms. The smallest absolute Gasteiger partial charge is 0.422 e. The van der Waals surface area contributed by atoms with Gasteiger partial charge < -0.3 is 29.1 Å². The molecule has 12 nitrogen and oxygen atoms in total. The minimum Gasteiger partial charge on any atom is -0.449 e. The van der Waals surface area contributed by atoms with Crippen molar-refractivity contribution in [2.24, 2.45) is 17.6 Å². The summed E-state index contributed by atoms with van der Waals surface area (Å²) in [5, 5.41) is 0. The summed E-state index contributed by atoms with van der Waals surface area (Å²) in [5.74, 6) is -2.72. The fraction of sp³-hybridized carbons (Fsp3) is 0.583. The lowest BCUT2D eigenvalue weighted by Crippen LogP contribution is -2.46. The fourth-order valence-corrected chi connectivity index (χ4v) is 4.59. The third-order valence-electron chi connectivity index (χ3n) is 6.47. The van der Waals surface area contributed by atoms with E-state index in [1.165, 1.54) is 28.8 Å². The number of amides is 3. The number of oxazole rings is 2. The number of hydrogen-bond acceptors (Lipinski definition) is 9. The van der Waals surface area contributed by atoms with E-state index >= 15 is 0 Å². The van der Waals surface area contributed by atoms with Gasteiger partial charge in [-0.2, -0.15) is 13.2 Å². The Labute approximate surface area is 221 Å². The van der Waals surface area contributed by atoms with Crippen molar-refractivity contribution in [1.29, 1.82) is 0 Å². The number of primary amides is 1. The predicted molar refractivity (Wildman–Crippen MR) is 125 cm³/mol. The van der Waals surface area contributed by atoms with Gasteiger partial charge in [0.1, 0.15) is 11.5 Å². The SMILES string of the molecule is CC1CCC(c2cnco2)N(C(=O)C(=O)OCC(F)(F)F)C1.CC1CCC(c2cnco2)N(C(=O)C(N)=O)C1. The van der Waals surface area contributed by atoms with Crippen molar-refractivity contribution < 1.29 is 45.9 Å². The molecule has 4 atom stereocenters. The maximum atomic E-state index is 12.1. The lowest BCUT2D eigenvalue weighted by Gasteiger charge is -2.36. The van der Waals surface area contributed by atoms with Gasteiger partial charge in [-0.15, -0.1) is 0 Å². The number of esters is 1. The number of nitrogens with two attached hydrogens (primary N) is 1. The van der Waals surface area contributed by atoms with Crippen LogP contribution in [-0.2, 0) is 23.9 Å². The van der Waals surface area contributed by atoms with Crippen LogP contribution in [0, 0.1) is 11.8 Å². The van der Waals surface area contributed by atoms with E-state index in [1.807, 2.05) is 13.8 Å². The number of aromatic nitrogens is 2. The number of halogens is 3. The molecule has 214 valence electrons. The monoisotopic (exact) mass is 557 g/mol. The molecule has 0 bridgehead atoms. The maximum Gasteiger partial charge on any atom is 0.422 e. The number of ether oxygens (including phenoxy) is 1. The maximum absolute atomic E-state index is 12.1. The molecule has 15 heteroatoms. The molecule has 0 spiro atoms. The largest absolute Gasteiger partial charge is 0.449 e. The number of alkyl halides is 3. The normalized spacial score (nSPS) is 23.4. The molecule has 0 saturated carbocycles. The van der Waals surface area contributed by atoms with E-state index in [0.717, 1.165) is 19.3 Å². The Hall–Kier alpha value is -3.91. The van der Waals surface area contributed by atoms with Crippen molar-refractivity contribution in [3.05, 3.63) is 36.7 Å². The van der Waals surface area contributed by atoms with E-state index in [4.69, 9.17) is 14.6 Å². The summed E-state index contributed by atoms with van der Waals surface area (Å²) in [7, 11) is 0. The van der Waals surface area contributed by atoms with Crippen LogP contribution in [0.25, 0.3) is 0 Å². The van der Waals surface area contributed by atoms with Crippen LogP contribution in [0.1, 0.15) is 63.1 Å². The standard InChI is InChI=1S/C13H15F3N2O4.C11H15N3O3/c1-8-2-3-9(10-4-17-7-22-10)18(5-8)11(19)12(20)21-6-13(14,15)16;1-7-2-3-8(9-4-13-6-17-9)14(5-7)11(16)10(12)15/h4,7-9H,2-3,5-6H2,1H3;4,6-8H,2-3,5H2,1H3,(H2,12,15). The molecule has 0 radical (unpaired) electrons. The minimum absolute atomic E-state index is 0.124. The second-order valence-electron chi connectivity index (χ2n) is 9.67. The Balaban J connectivity index is 0.000000223. The number of piperidine rings is 2. The van der Waals surface area contributed by atoms with E-state index < -0.39 is 42.5 Å². The molecule has 4 heterocycles. The third-order valence-corrected chi connectivity index (χ3v) is 6.47. The molecule has 3 amide bonds.